The fourth-order valence-electron chi connectivity index (χ4n) is 1.29. The second-order valence-corrected chi connectivity index (χ2v) is 10.7. The summed E-state index contributed by atoms with van der Waals surface area (Å²) in [5.41, 5.74) is 0. The van der Waals surface area contributed by atoms with Gasteiger partial charge in [-0.1, -0.05) is 26.8 Å². The highest BCUT2D eigenvalue weighted by Crippen LogP contribution is 2.37. The van der Waals surface area contributed by atoms with Gasteiger partial charge < -0.3 is 4.43 Å². The average molecular weight is 228 g/mol. The first-order chi connectivity index (χ1) is 6.70. The Kier molecular flexibility index (Phi) is 5.82. The van der Waals surface area contributed by atoms with Crippen molar-refractivity contribution >= 4 is 8.32 Å². The van der Waals surface area contributed by atoms with E-state index in [-0.39, 0.29) is 0 Å². The van der Waals surface area contributed by atoms with Crippen LogP contribution >= 0.6 is 0 Å². The van der Waals surface area contributed by atoms with Crippen molar-refractivity contribution in [1.82, 2.24) is 0 Å². The van der Waals surface area contributed by atoms with E-state index in [0.717, 1.165) is 12.8 Å². The molecule has 15 heavy (non-hydrogen) atoms. The van der Waals surface area contributed by atoms with Crippen molar-refractivity contribution < 1.29 is 4.43 Å². The minimum absolute atomic E-state index is 0.319. The average Bonchev–Trinajstić information content (AvgIpc) is 2.01. The van der Waals surface area contributed by atoms with Gasteiger partial charge in [-0.2, -0.15) is 0 Å². The van der Waals surface area contributed by atoms with Crippen LogP contribution < -0.4 is 0 Å². The quantitative estimate of drug-likeness (QED) is 0.362. The third-order valence-electron chi connectivity index (χ3n) is 3.32. The van der Waals surface area contributed by atoms with Crippen molar-refractivity contribution in [3.8, 4) is 0 Å². The van der Waals surface area contributed by atoms with E-state index in [2.05, 4.69) is 47.4 Å². The zero-order valence-electron chi connectivity index (χ0n) is 11.4. The summed E-state index contributed by atoms with van der Waals surface area (Å²) in [4.78, 5) is 0. The van der Waals surface area contributed by atoms with Gasteiger partial charge in [0.15, 0.2) is 8.32 Å². The first-order valence-electron chi connectivity index (χ1n) is 5.99. The normalized spacial score (nSPS) is 15.1. The van der Waals surface area contributed by atoms with Crippen molar-refractivity contribution in [3.05, 3.63) is 12.7 Å². The minimum Gasteiger partial charge on any atom is -0.414 e. The van der Waals surface area contributed by atoms with Gasteiger partial charge in [0.25, 0.3) is 0 Å². The molecule has 0 saturated carbocycles. The number of hydrogen-bond donors (Lipinski definition) is 0. The molecule has 0 spiro atoms. The predicted molar refractivity (Wildman–Crippen MR) is 71.8 cm³/mol. The number of rotatable bonds is 6. The summed E-state index contributed by atoms with van der Waals surface area (Å²) in [5, 5.41) is 0.319. The van der Waals surface area contributed by atoms with Crippen molar-refractivity contribution in [2.45, 2.75) is 71.2 Å². The van der Waals surface area contributed by atoms with E-state index in [1.807, 2.05) is 6.08 Å². The fraction of sp³-hybridized carbons (Fsp3) is 0.846. The van der Waals surface area contributed by atoms with Crippen LogP contribution in [0.1, 0.15) is 47.0 Å². The van der Waals surface area contributed by atoms with Crippen LogP contribution in [-0.2, 0) is 4.43 Å². The molecular formula is C13H28OSi. The monoisotopic (exact) mass is 228 g/mol. The van der Waals surface area contributed by atoms with E-state index in [4.69, 9.17) is 4.43 Å². The topological polar surface area (TPSA) is 9.23 Å². The summed E-state index contributed by atoms with van der Waals surface area (Å²) >= 11 is 0. The van der Waals surface area contributed by atoms with Crippen LogP contribution in [0, 0.1) is 0 Å². The van der Waals surface area contributed by atoms with Crippen LogP contribution in [0.5, 0.6) is 0 Å². The number of unbranched alkanes of at least 4 members (excludes halogenated alkanes) is 1. The fourth-order valence-corrected chi connectivity index (χ4v) is 2.77. The molecule has 0 bridgehead atoms. The highest BCUT2D eigenvalue weighted by atomic mass is 28.4. The Morgan fingerprint density at radius 2 is 1.87 bits per heavy atom. The standard InChI is InChI=1S/C13H28OSi/c1-8-9-10-11-12(2)14-15(6,7)13(3,4)5/h8,12H,1,9-11H2,2-7H3/t12-/m1/s1. The molecule has 0 rings (SSSR count). The molecule has 0 aliphatic rings. The van der Waals surface area contributed by atoms with Gasteiger partial charge in [-0.3, -0.25) is 0 Å². The van der Waals surface area contributed by atoms with E-state index in [9.17, 15) is 0 Å². The van der Waals surface area contributed by atoms with Crippen molar-refractivity contribution in [3.63, 3.8) is 0 Å². The summed E-state index contributed by atoms with van der Waals surface area (Å²) in [5.74, 6) is 0. The minimum atomic E-state index is -1.55. The number of hydrogen-bond acceptors (Lipinski definition) is 1. The van der Waals surface area contributed by atoms with E-state index >= 15 is 0 Å². The Morgan fingerprint density at radius 3 is 2.27 bits per heavy atom. The molecule has 0 aromatic rings. The molecule has 1 atom stereocenters. The third kappa shape index (κ3) is 5.52. The van der Waals surface area contributed by atoms with Gasteiger partial charge in [0.1, 0.15) is 0 Å². The molecule has 0 aromatic carbocycles. The lowest BCUT2D eigenvalue weighted by Crippen LogP contribution is -2.43. The summed E-state index contributed by atoms with van der Waals surface area (Å²) in [6.45, 7) is 17.4. The first kappa shape index (κ1) is 14.9. The molecule has 0 saturated heterocycles. The van der Waals surface area contributed by atoms with Crippen LogP contribution in [-0.4, -0.2) is 14.4 Å². The largest absolute Gasteiger partial charge is 0.414 e. The van der Waals surface area contributed by atoms with Crippen molar-refractivity contribution in [2.75, 3.05) is 0 Å². The Hall–Kier alpha value is -0.0831. The van der Waals surface area contributed by atoms with Gasteiger partial charge in [-0.05, 0) is 44.3 Å². The molecule has 0 aliphatic carbocycles. The second kappa shape index (κ2) is 5.85. The second-order valence-electron chi connectivity index (χ2n) is 5.91. The van der Waals surface area contributed by atoms with Crippen molar-refractivity contribution in [1.29, 1.82) is 0 Å². The zero-order chi connectivity index (χ0) is 12.1. The summed E-state index contributed by atoms with van der Waals surface area (Å²) in [6, 6.07) is 0. The van der Waals surface area contributed by atoms with E-state index in [1.54, 1.807) is 0 Å². The van der Waals surface area contributed by atoms with Crippen molar-refractivity contribution in [2.24, 2.45) is 0 Å². The molecule has 0 radical (unpaired) electrons. The van der Waals surface area contributed by atoms with Crippen LogP contribution in [0.25, 0.3) is 0 Å². The van der Waals surface area contributed by atoms with Gasteiger partial charge in [0.05, 0.1) is 0 Å². The van der Waals surface area contributed by atoms with Crippen LogP contribution in [0.4, 0.5) is 0 Å². The Morgan fingerprint density at radius 1 is 1.33 bits per heavy atom. The maximum absolute atomic E-state index is 6.25. The maximum atomic E-state index is 6.25. The lowest BCUT2D eigenvalue weighted by Gasteiger charge is -2.38. The molecule has 0 N–H and O–H groups in total. The van der Waals surface area contributed by atoms with E-state index in [1.165, 1.54) is 6.42 Å². The highest BCUT2D eigenvalue weighted by Gasteiger charge is 2.38. The molecule has 0 heterocycles. The SMILES string of the molecule is C=CCCC[C@@H](C)O[Si](C)(C)C(C)(C)C. The molecule has 0 amide bonds. The van der Waals surface area contributed by atoms with Gasteiger partial charge in [-0.15, -0.1) is 6.58 Å². The Bertz CT molecular complexity index is 191. The number of allylic oxidation sites excluding steroid dienone is 1. The summed E-state index contributed by atoms with van der Waals surface area (Å²) < 4.78 is 6.25. The molecule has 2 heteroatoms. The van der Waals surface area contributed by atoms with Gasteiger partial charge in [0, 0.05) is 6.10 Å². The van der Waals surface area contributed by atoms with E-state index < -0.39 is 8.32 Å². The molecular weight excluding hydrogens is 200 g/mol. The van der Waals surface area contributed by atoms with Crippen LogP contribution in [0.2, 0.25) is 18.1 Å². The third-order valence-corrected chi connectivity index (χ3v) is 7.92. The molecule has 0 aromatic heterocycles. The smallest absolute Gasteiger partial charge is 0.192 e. The summed E-state index contributed by atoms with van der Waals surface area (Å²) in [7, 11) is -1.55. The van der Waals surface area contributed by atoms with Gasteiger partial charge in [0.2, 0.25) is 0 Å². The van der Waals surface area contributed by atoms with Gasteiger partial charge >= 0.3 is 0 Å². The van der Waals surface area contributed by atoms with E-state index in [0.29, 0.717) is 11.1 Å². The molecule has 0 fully saturated rings. The molecule has 0 aliphatic heterocycles. The lowest BCUT2D eigenvalue weighted by atomic mass is 10.2. The zero-order valence-corrected chi connectivity index (χ0v) is 12.4. The molecule has 90 valence electrons. The predicted octanol–water partition coefficient (Wildman–Crippen LogP) is 4.75. The van der Waals surface area contributed by atoms with Crippen LogP contribution in [0.15, 0.2) is 12.7 Å². The Balaban J connectivity index is 4.04. The first-order valence-corrected chi connectivity index (χ1v) is 8.90. The highest BCUT2D eigenvalue weighted by molar-refractivity contribution is 6.74. The van der Waals surface area contributed by atoms with Crippen LogP contribution in [0.3, 0.4) is 0 Å². The lowest BCUT2D eigenvalue weighted by molar-refractivity contribution is 0.187. The maximum Gasteiger partial charge on any atom is 0.192 e. The molecule has 0 unspecified atom stereocenters. The Labute approximate surface area is 97.0 Å². The van der Waals surface area contributed by atoms with Gasteiger partial charge in [-0.25, -0.2) is 0 Å². The molecule has 1 nitrogen and oxygen atoms in total. The summed E-state index contributed by atoms with van der Waals surface area (Å²) in [6.07, 6.45) is 5.83.